The van der Waals surface area contributed by atoms with E-state index in [0.29, 0.717) is 16.9 Å². The summed E-state index contributed by atoms with van der Waals surface area (Å²) in [5.41, 5.74) is 0.753. The summed E-state index contributed by atoms with van der Waals surface area (Å²) in [5.74, 6) is 0.627. The summed E-state index contributed by atoms with van der Waals surface area (Å²) >= 11 is 6.08. The molecular formula is C14H18Cl2N4O. The average Bonchev–Trinajstić information content (AvgIpc) is 2.83. The molecule has 0 bridgehead atoms. The van der Waals surface area contributed by atoms with Crippen LogP contribution in [-0.2, 0) is 4.79 Å². The van der Waals surface area contributed by atoms with Crippen LogP contribution in [0.4, 0.5) is 5.82 Å². The van der Waals surface area contributed by atoms with E-state index in [2.05, 4.69) is 27.8 Å². The van der Waals surface area contributed by atoms with Gasteiger partial charge in [0.2, 0.25) is 5.91 Å². The Morgan fingerprint density at radius 2 is 2.29 bits per heavy atom. The summed E-state index contributed by atoms with van der Waals surface area (Å²) in [7, 11) is 0. The maximum Gasteiger partial charge on any atom is 0.228 e. The van der Waals surface area contributed by atoms with Gasteiger partial charge in [0.15, 0.2) is 5.82 Å². The van der Waals surface area contributed by atoms with Gasteiger partial charge in [0.05, 0.1) is 10.5 Å². The molecule has 0 spiro atoms. The molecule has 21 heavy (non-hydrogen) atoms. The van der Waals surface area contributed by atoms with E-state index in [-0.39, 0.29) is 24.2 Å². The minimum Gasteiger partial charge on any atom is -0.314 e. The lowest BCUT2D eigenvalue weighted by molar-refractivity contribution is -0.120. The van der Waals surface area contributed by atoms with Crippen molar-refractivity contribution in [3.05, 3.63) is 23.2 Å². The molecule has 2 atom stereocenters. The van der Waals surface area contributed by atoms with Gasteiger partial charge >= 0.3 is 0 Å². The maximum absolute atomic E-state index is 12.3. The van der Waals surface area contributed by atoms with Gasteiger partial charge in [0.25, 0.3) is 0 Å². The van der Waals surface area contributed by atoms with Crippen LogP contribution in [0.2, 0.25) is 5.02 Å². The van der Waals surface area contributed by atoms with Crippen molar-refractivity contribution in [1.29, 1.82) is 0 Å². The number of halogens is 2. The van der Waals surface area contributed by atoms with E-state index >= 15 is 0 Å². The summed E-state index contributed by atoms with van der Waals surface area (Å²) in [6.45, 7) is 2.98. The number of aromatic nitrogens is 2. The summed E-state index contributed by atoms with van der Waals surface area (Å²) in [6, 6.07) is 5.92. The van der Waals surface area contributed by atoms with Gasteiger partial charge in [0.1, 0.15) is 0 Å². The van der Waals surface area contributed by atoms with Gasteiger partial charge in [-0.25, -0.2) is 0 Å². The zero-order valence-electron chi connectivity index (χ0n) is 11.6. The number of anilines is 1. The van der Waals surface area contributed by atoms with Gasteiger partial charge in [0, 0.05) is 17.3 Å². The Hall–Kier alpha value is -1.30. The van der Waals surface area contributed by atoms with Gasteiger partial charge in [-0.2, -0.15) is 5.10 Å². The first kappa shape index (κ1) is 16.1. The summed E-state index contributed by atoms with van der Waals surface area (Å²) < 4.78 is 0. The van der Waals surface area contributed by atoms with Crippen molar-refractivity contribution < 1.29 is 4.79 Å². The van der Waals surface area contributed by atoms with E-state index in [9.17, 15) is 4.79 Å². The second-order valence-electron chi connectivity index (χ2n) is 5.30. The number of aromatic amines is 1. The predicted molar refractivity (Wildman–Crippen MR) is 87.2 cm³/mol. The first-order valence-electron chi connectivity index (χ1n) is 6.82. The number of carbonyl (C=O) groups excluding carboxylic acids is 1. The minimum atomic E-state index is 0. The van der Waals surface area contributed by atoms with E-state index in [1.165, 1.54) is 0 Å². The molecule has 0 radical (unpaired) electrons. The molecule has 114 valence electrons. The first-order valence-corrected chi connectivity index (χ1v) is 7.20. The third-order valence-electron chi connectivity index (χ3n) is 3.78. The number of nitrogens with zero attached hydrogens (tertiary/aromatic N) is 1. The van der Waals surface area contributed by atoms with Crippen molar-refractivity contribution in [2.24, 2.45) is 5.92 Å². The van der Waals surface area contributed by atoms with Crippen molar-refractivity contribution in [2.75, 3.05) is 11.9 Å². The number of piperidine rings is 1. The number of rotatable bonds is 2. The van der Waals surface area contributed by atoms with Crippen LogP contribution < -0.4 is 10.6 Å². The zero-order valence-corrected chi connectivity index (χ0v) is 13.2. The van der Waals surface area contributed by atoms with Crippen LogP contribution in [-0.4, -0.2) is 28.7 Å². The van der Waals surface area contributed by atoms with E-state index in [4.69, 9.17) is 11.6 Å². The number of H-pyrrole nitrogens is 1. The predicted octanol–water partition coefficient (Wildman–Crippen LogP) is 2.96. The molecule has 1 aromatic carbocycles. The van der Waals surface area contributed by atoms with Gasteiger partial charge in [-0.05, 0) is 38.4 Å². The van der Waals surface area contributed by atoms with Crippen molar-refractivity contribution in [3.8, 4) is 0 Å². The van der Waals surface area contributed by atoms with Crippen LogP contribution >= 0.6 is 24.0 Å². The third-order valence-corrected chi connectivity index (χ3v) is 4.10. The van der Waals surface area contributed by atoms with E-state index in [1.54, 1.807) is 6.07 Å². The molecule has 0 saturated carbocycles. The second kappa shape index (κ2) is 6.64. The monoisotopic (exact) mass is 328 g/mol. The molecule has 0 unspecified atom stereocenters. The number of hydrogen-bond acceptors (Lipinski definition) is 3. The molecule has 3 N–H and O–H groups in total. The van der Waals surface area contributed by atoms with Crippen LogP contribution in [0.1, 0.15) is 19.8 Å². The highest BCUT2D eigenvalue weighted by Gasteiger charge is 2.25. The van der Waals surface area contributed by atoms with E-state index < -0.39 is 0 Å². The van der Waals surface area contributed by atoms with Crippen LogP contribution in [0.5, 0.6) is 0 Å². The molecule has 7 heteroatoms. The molecule has 2 heterocycles. The normalized spacial score (nSPS) is 21.8. The number of benzene rings is 1. The smallest absolute Gasteiger partial charge is 0.228 e. The number of nitrogens with one attached hydrogen (secondary N) is 3. The molecule has 1 aliphatic rings. The summed E-state index contributed by atoms with van der Waals surface area (Å²) in [6.07, 6.45) is 1.72. The summed E-state index contributed by atoms with van der Waals surface area (Å²) in [5, 5.41) is 14.7. The molecule has 1 fully saturated rings. The Kier molecular flexibility index (Phi) is 5.08. The molecule has 1 saturated heterocycles. The number of hydrogen-bond donors (Lipinski definition) is 3. The highest BCUT2D eigenvalue weighted by molar-refractivity contribution is 6.35. The highest BCUT2D eigenvalue weighted by Crippen LogP contribution is 2.27. The van der Waals surface area contributed by atoms with Crippen molar-refractivity contribution in [3.63, 3.8) is 0 Å². The molecule has 2 aromatic rings. The van der Waals surface area contributed by atoms with Gasteiger partial charge in [-0.15, -0.1) is 12.4 Å². The minimum absolute atomic E-state index is 0. The number of para-hydroxylation sites is 1. The summed E-state index contributed by atoms with van der Waals surface area (Å²) in [4.78, 5) is 12.3. The molecule has 1 amide bonds. The third kappa shape index (κ3) is 3.31. The lowest BCUT2D eigenvalue weighted by Crippen LogP contribution is -2.40. The number of fused-ring (bicyclic) bond motifs is 1. The van der Waals surface area contributed by atoms with Crippen LogP contribution in [0.25, 0.3) is 10.9 Å². The average molecular weight is 329 g/mol. The Balaban J connectivity index is 0.00000161. The largest absolute Gasteiger partial charge is 0.314 e. The Morgan fingerprint density at radius 1 is 1.48 bits per heavy atom. The fraction of sp³-hybridized carbons (Fsp3) is 0.429. The molecular weight excluding hydrogens is 311 g/mol. The van der Waals surface area contributed by atoms with E-state index in [0.717, 1.165) is 30.3 Å². The van der Waals surface area contributed by atoms with E-state index in [1.807, 2.05) is 12.1 Å². The van der Waals surface area contributed by atoms with Crippen LogP contribution in [0.3, 0.4) is 0 Å². The molecule has 5 nitrogen and oxygen atoms in total. The van der Waals surface area contributed by atoms with Crippen molar-refractivity contribution in [1.82, 2.24) is 15.5 Å². The highest BCUT2D eigenvalue weighted by atomic mass is 35.5. The number of carbonyl (C=O) groups is 1. The quantitative estimate of drug-likeness (QED) is 0.793. The first-order chi connectivity index (χ1) is 9.65. The molecule has 0 aliphatic carbocycles. The fourth-order valence-corrected chi connectivity index (χ4v) is 2.91. The Bertz CT molecular complexity index is 643. The van der Waals surface area contributed by atoms with Crippen LogP contribution in [0.15, 0.2) is 18.2 Å². The standard InChI is InChI=1S/C14H17ClN4O.ClH/c1-8-7-9(5-6-16-8)14(20)17-13-10-3-2-4-11(15)12(10)18-19-13;/h2-4,8-9,16H,5-7H2,1H3,(H2,17,18,19,20);1H/t8-,9-;/m0./s1. The second-order valence-corrected chi connectivity index (χ2v) is 5.71. The van der Waals surface area contributed by atoms with Crippen molar-refractivity contribution >= 4 is 46.6 Å². The lowest BCUT2D eigenvalue weighted by atomic mass is 9.92. The Labute approximate surface area is 134 Å². The maximum atomic E-state index is 12.3. The van der Waals surface area contributed by atoms with Gasteiger partial charge in [-0.1, -0.05) is 17.7 Å². The zero-order chi connectivity index (χ0) is 14.1. The SMILES string of the molecule is C[C@H]1C[C@@H](C(=O)Nc2n[nH]c3c(Cl)cccc23)CCN1.Cl. The molecule has 1 aliphatic heterocycles. The van der Waals surface area contributed by atoms with Crippen LogP contribution in [0, 0.1) is 5.92 Å². The molecule has 1 aromatic heterocycles. The lowest BCUT2D eigenvalue weighted by Gasteiger charge is -2.26. The number of amides is 1. The molecule has 3 rings (SSSR count). The van der Waals surface area contributed by atoms with Gasteiger partial charge < -0.3 is 10.6 Å². The fourth-order valence-electron chi connectivity index (χ4n) is 2.69. The topological polar surface area (TPSA) is 69.8 Å². The Morgan fingerprint density at radius 3 is 3.05 bits per heavy atom. The van der Waals surface area contributed by atoms with Gasteiger partial charge in [-0.3, -0.25) is 9.89 Å². The van der Waals surface area contributed by atoms with Crippen molar-refractivity contribution in [2.45, 2.75) is 25.8 Å².